The SMILES string of the molecule is O=C(Nc1ccc(Cl)c(F)c1)[C@H]1CCCN(S(=O)(=O)C2CCCCC2)C1.O=C(Nc1ccc(Cl)c(F)c1)[C@H]1CCCNC1. The van der Waals surface area contributed by atoms with Crippen LogP contribution in [0.15, 0.2) is 36.4 Å². The lowest BCUT2D eigenvalue weighted by molar-refractivity contribution is -0.121. The van der Waals surface area contributed by atoms with Crippen LogP contribution in [-0.2, 0) is 19.6 Å². The van der Waals surface area contributed by atoms with Crippen LogP contribution >= 0.6 is 23.2 Å². The highest BCUT2D eigenvalue weighted by atomic mass is 35.5. The number of hydrogen-bond donors (Lipinski definition) is 3. The van der Waals surface area contributed by atoms with Gasteiger partial charge in [0.2, 0.25) is 21.8 Å². The number of benzene rings is 2. The summed E-state index contributed by atoms with van der Waals surface area (Å²) in [6.07, 6.45) is 7.54. The van der Waals surface area contributed by atoms with Gasteiger partial charge in [-0.25, -0.2) is 21.5 Å². The Morgan fingerprint density at radius 3 is 1.88 bits per heavy atom. The molecule has 2 amide bonds. The monoisotopic (exact) mass is 658 g/mol. The fourth-order valence-corrected chi connectivity index (χ4v) is 8.03. The fraction of sp³-hybridized carbons (Fsp3) is 0.533. The lowest BCUT2D eigenvalue weighted by atomic mass is 9.98. The van der Waals surface area contributed by atoms with E-state index in [0.29, 0.717) is 50.1 Å². The molecule has 3 fully saturated rings. The largest absolute Gasteiger partial charge is 0.326 e. The minimum absolute atomic E-state index is 0.00887. The summed E-state index contributed by atoms with van der Waals surface area (Å²) < 4.78 is 53.9. The van der Waals surface area contributed by atoms with Gasteiger partial charge in [0, 0.05) is 31.0 Å². The molecule has 8 nitrogen and oxygen atoms in total. The Kier molecular flexibility index (Phi) is 12.2. The summed E-state index contributed by atoms with van der Waals surface area (Å²) in [6.45, 7) is 2.31. The molecule has 1 saturated carbocycles. The molecule has 0 aromatic heterocycles. The first-order valence-corrected chi connectivity index (χ1v) is 17.0. The molecule has 13 heteroatoms. The number of hydrogen-bond acceptors (Lipinski definition) is 5. The van der Waals surface area contributed by atoms with Gasteiger partial charge in [0.25, 0.3) is 0 Å². The Hall–Kier alpha value is -2.31. The van der Waals surface area contributed by atoms with Gasteiger partial charge in [-0.2, -0.15) is 0 Å². The van der Waals surface area contributed by atoms with E-state index >= 15 is 0 Å². The van der Waals surface area contributed by atoms with Crippen LogP contribution in [0.5, 0.6) is 0 Å². The molecule has 0 bridgehead atoms. The summed E-state index contributed by atoms with van der Waals surface area (Å²) in [5.74, 6) is -1.95. The van der Waals surface area contributed by atoms with Crippen molar-refractivity contribution < 1.29 is 26.8 Å². The third-order valence-corrected chi connectivity index (χ3v) is 11.1. The molecule has 0 radical (unpaired) electrons. The molecule has 2 aromatic rings. The maximum absolute atomic E-state index is 13.5. The van der Waals surface area contributed by atoms with Crippen LogP contribution in [-0.4, -0.2) is 56.0 Å². The number of nitrogens with zero attached hydrogens (tertiary/aromatic N) is 1. The summed E-state index contributed by atoms with van der Waals surface area (Å²) in [7, 11) is -3.36. The number of sulfonamides is 1. The number of amides is 2. The van der Waals surface area contributed by atoms with E-state index in [9.17, 15) is 26.8 Å². The zero-order valence-electron chi connectivity index (χ0n) is 23.9. The summed E-state index contributed by atoms with van der Waals surface area (Å²) in [4.78, 5) is 24.4. The normalized spacial score (nSPS) is 21.8. The van der Waals surface area contributed by atoms with Crippen molar-refractivity contribution in [3.05, 3.63) is 58.1 Å². The van der Waals surface area contributed by atoms with Crippen molar-refractivity contribution in [2.24, 2.45) is 11.8 Å². The second-order valence-electron chi connectivity index (χ2n) is 11.3. The Balaban J connectivity index is 0.000000215. The number of carbonyl (C=O) groups excluding carboxylic acids is 2. The van der Waals surface area contributed by atoms with Crippen molar-refractivity contribution in [3.8, 4) is 0 Å². The van der Waals surface area contributed by atoms with Gasteiger partial charge in [0.05, 0.1) is 27.1 Å². The minimum Gasteiger partial charge on any atom is -0.326 e. The number of anilines is 2. The number of halogens is 4. The van der Waals surface area contributed by atoms with Gasteiger partial charge in [-0.1, -0.05) is 42.5 Å². The van der Waals surface area contributed by atoms with Gasteiger partial charge in [-0.3, -0.25) is 9.59 Å². The van der Waals surface area contributed by atoms with Gasteiger partial charge in [0.15, 0.2) is 0 Å². The Bertz CT molecular complexity index is 1390. The molecule has 3 aliphatic rings. The Morgan fingerprint density at radius 1 is 0.791 bits per heavy atom. The van der Waals surface area contributed by atoms with E-state index in [1.54, 1.807) is 6.07 Å². The molecule has 236 valence electrons. The van der Waals surface area contributed by atoms with E-state index in [2.05, 4.69) is 16.0 Å². The van der Waals surface area contributed by atoms with E-state index in [1.807, 2.05) is 0 Å². The highest BCUT2D eigenvalue weighted by molar-refractivity contribution is 7.89. The molecule has 2 aromatic carbocycles. The van der Waals surface area contributed by atoms with Gasteiger partial charge >= 0.3 is 0 Å². The average molecular weight is 660 g/mol. The van der Waals surface area contributed by atoms with E-state index in [4.69, 9.17) is 23.2 Å². The fourth-order valence-electron chi connectivity index (χ4n) is 5.67. The quantitative estimate of drug-likeness (QED) is 0.342. The molecular formula is C30H38Cl2F2N4O4S. The van der Waals surface area contributed by atoms with Crippen LogP contribution in [0.2, 0.25) is 10.0 Å². The van der Waals surface area contributed by atoms with Crippen molar-refractivity contribution in [2.75, 3.05) is 36.8 Å². The first-order chi connectivity index (χ1) is 20.5. The highest BCUT2D eigenvalue weighted by Crippen LogP contribution is 2.30. The van der Waals surface area contributed by atoms with E-state index in [1.165, 1.54) is 34.6 Å². The maximum Gasteiger partial charge on any atom is 0.228 e. The molecule has 2 aliphatic heterocycles. The number of nitrogens with one attached hydrogen (secondary N) is 3. The van der Waals surface area contributed by atoms with Gasteiger partial charge < -0.3 is 16.0 Å². The van der Waals surface area contributed by atoms with Crippen molar-refractivity contribution in [1.29, 1.82) is 0 Å². The smallest absolute Gasteiger partial charge is 0.228 e. The van der Waals surface area contributed by atoms with Crippen LogP contribution in [0.1, 0.15) is 57.8 Å². The van der Waals surface area contributed by atoms with Crippen molar-refractivity contribution in [2.45, 2.75) is 63.0 Å². The topological polar surface area (TPSA) is 108 Å². The lowest BCUT2D eigenvalue weighted by Gasteiger charge is -2.35. The molecule has 0 unspecified atom stereocenters. The van der Waals surface area contributed by atoms with E-state index in [0.717, 1.165) is 38.6 Å². The Labute approximate surface area is 261 Å². The molecule has 3 N–H and O–H groups in total. The highest BCUT2D eigenvalue weighted by Gasteiger charge is 2.37. The standard InChI is InChI=1S/C18H24ClFN2O3S.C12H14ClFN2O/c19-16-9-8-14(11-17(16)20)21-18(23)13-5-4-10-22(12-13)26(24,25)15-6-2-1-3-7-15;13-10-4-3-9(6-11(10)14)16-12(17)8-2-1-5-15-7-8/h8-9,11,13,15H,1-7,10,12H2,(H,21,23);3-4,6,8,15H,1-2,5,7H2,(H,16,17)/t13-;8-/m00/s1. The van der Waals surface area contributed by atoms with Crippen molar-refractivity contribution >= 4 is 56.4 Å². The molecule has 1 aliphatic carbocycles. The third kappa shape index (κ3) is 9.34. The third-order valence-electron chi connectivity index (χ3n) is 8.13. The van der Waals surface area contributed by atoms with Crippen LogP contribution in [0, 0.1) is 23.5 Å². The molecular weight excluding hydrogens is 621 g/mol. The zero-order chi connectivity index (χ0) is 31.0. The summed E-state index contributed by atoms with van der Waals surface area (Å²) >= 11 is 11.2. The lowest BCUT2D eigenvalue weighted by Crippen LogP contribution is -2.47. The van der Waals surface area contributed by atoms with Gasteiger partial charge in [-0.05, 0) is 81.5 Å². The zero-order valence-corrected chi connectivity index (χ0v) is 26.2. The van der Waals surface area contributed by atoms with Crippen molar-refractivity contribution in [1.82, 2.24) is 9.62 Å². The molecule has 0 spiro atoms. The molecule has 2 atom stereocenters. The summed E-state index contributed by atoms with van der Waals surface area (Å²) in [5, 5.41) is 8.27. The first-order valence-electron chi connectivity index (χ1n) is 14.8. The van der Waals surface area contributed by atoms with Crippen LogP contribution in [0.4, 0.5) is 20.2 Å². The van der Waals surface area contributed by atoms with Crippen LogP contribution < -0.4 is 16.0 Å². The number of rotatable bonds is 6. The Morgan fingerprint density at radius 2 is 1.35 bits per heavy atom. The maximum atomic E-state index is 13.5. The van der Waals surface area contributed by atoms with Crippen molar-refractivity contribution in [3.63, 3.8) is 0 Å². The van der Waals surface area contributed by atoms with Crippen LogP contribution in [0.3, 0.4) is 0 Å². The van der Waals surface area contributed by atoms with Gasteiger partial charge in [0.1, 0.15) is 11.6 Å². The summed E-state index contributed by atoms with van der Waals surface area (Å²) in [5.41, 5.74) is 0.770. The predicted octanol–water partition coefficient (Wildman–Crippen LogP) is 6.21. The number of carbonyl (C=O) groups is 2. The number of piperidine rings is 2. The minimum atomic E-state index is -3.36. The molecule has 5 rings (SSSR count). The average Bonchev–Trinajstić information content (AvgIpc) is 3.02. The second kappa shape index (κ2) is 15.6. The summed E-state index contributed by atoms with van der Waals surface area (Å²) in [6, 6.07) is 8.34. The predicted molar refractivity (Wildman–Crippen MR) is 166 cm³/mol. The van der Waals surface area contributed by atoms with Gasteiger partial charge in [-0.15, -0.1) is 0 Å². The molecule has 43 heavy (non-hydrogen) atoms. The second-order valence-corrected chi connectivity index (χ2v) is 14.3. The molecule has 2 saturated heterocycles. The van der Waals surface area contributed by atoms with Crippen LogP contribution in [0.25, 0.3) is 0 Å². The molecule has 2 heterocycles. The van der Waals surface area contributed by atoms with E-state index < -0.39 is 27.6 Å². The van der Waals surface area contributed by atoms with E-state index in [-0.39, 0.29) is 39.6 Å². The first kappa shape index (κ1) is 33.6.